The zero-order chi connectivity index (χ0) is 53.1. The Morgan fingerprint density at radius 2 is 0.816 bits per heavy atom. The third-order valence-corrected chi connectivity index (χ3v) is 13.2. The highest BCUT2D eigenvalue weighted by Gasteiger charge is 2.55. The maximum absolute atomic E-state index is 14.2. The molecule has 8 rings (SSSR count). The fourth-order valence-corrected chi connectivity index (χ4v) is 9.19. The number of ether oxygens (including phenoxy) is 11. The lowest BCUT2D eigenvalue weighted by Crippen LogP contribution is -2.65. The molecular formula is C60H63NO14S. The Labute approximate surface area is 448 Å². The number of methoxy groups -OCH3 is 1. The zero-order valence-corrected chi connectivity index (χ0v) is 43.4. The third kappa shape index (κ3) is 15.0. The zero-order valence-electron chi connectivity index (χ0n) is 42.6. The summed E-state index contributed by atoms with van der Waals surface area (Å²) >= 11 is 5.96. The van der Waals surface area contributed by atoms with Crippen molar-refractivity contribution in [3.63, 3.8) is 0 Å². The van der Waals surface area contributed by atoms with E-state index in [4.69, 9.17) is 64.3 Å². The van der Waals surface area contributed by atoms with Gasteiger partial charge in [-0.25, -0.2) is 14.4 Å². The normalized spacial score (nSPS) is 23.1. The molecule has 2 heterocycles. The molecule has 6 aromatic rings. The van der Waals surface area contributed by atoms with Crippen LogP contribution in [0.3, 0.4) is 0 Å². The molecule has 0 radical (unpaired) electrons. The van der Waals surface area contributed by atoms with Crippen molar-refractivity contribution < 1.29 is 66.5 Å². The van der Waals surface area contributed by atoms with Crippen molar-refractivity contribution in [1.82, 2.24) is 4.90 Å². The molecule has 0 bridgehead atoms. The van der Waals surface area contributed by atoms with Crippen LogP contribution in [0, 0.1) is 0 Å². The van der Waals surface area contributed by atoms with Crippen LogP contribution in [-0.2, 0) is 71.9 Å². The van der Waals surface area contributed by atoms with E-state index in [1.165, 1.54) is 7.11 Å². The summed E-state index contributed by atoms with van der Waals surface area (Å²) in [6.45, 7) is 5.27. The molecule has 6 aromatic carbocycles. The van der Waals surface area contributed by atoms with Crippen molar-refractivity contribution in [1.29, 1.82) is 0 Å². The van der Waals surface area contributed by atoms with Gasteiger partial charge in [0.15, 0.2) is 37.0 Å². The number of hydrogen-bond acceptors (Lipinski definition) is 15. The Bertz CT molecular complexity index is 2710. The SMILES string of the molecule is CCN(CC)C(=S)O[C@H]1[C@H](OCc2ccccc2)[C@H](OCc2ccccc2)[C@H](OC[C@H]2O[C@@H](OC)[C@H](OC(=O)c3ccccc3)[C@@H](OC(=O)c3ccccc3)[C@H]2OC(=O)c2ccccc2)O[C@@H]1COCc1ccccc1. The monoisotopic (exact) mass is 1050 g/mol. The van der Waals surface area contributed by atoms with Gasteiger partial charge in [0.1, 0.15) is 24.4 Å². The third-order valence-electron chi connectivity index (χ3n) is 12.8. The molecule has 16 heteroatoms. The van der Waals surface area contributed by atoms with Crippen molar-refractivity contribution in [2.45, 2.75) is 95.1 Å². The topological polar surface area (TPSA) is 156 Å². The molecule has 2 saturated heterocycles. The molecule has 0 aliphatic carbocycles. The van der Waals surface area contributed by atoms with Gasteiger partial charge >= 0.3 is 17.9 Å². The summed E-state index contributed by atoms with van der Waals surface area (Å²) < 4.78 is 72.0. The van der Waals surface area contributed by atoms with Crippen LogP contribution in [-0.4, -0.2) is 123 Å². The van der Waals surface area contributed by atoms with Crippen LogP contribution in [0.4, 0.5) is 0 Å². The summed E-state index contributed by atoms with van der Waals surface area (Å²) in [7, 11) is 1.35. The van der Waals surface area contributed by atoms with Crippen molar-refractivity contribution in [3.05, 3.63) is 215 Å². The molecule has 0 amide bonds. The Kier molecular flexibility index (Phi) is 20.6. The molecule has 0 aromatic heterocycles. The highest BCUT2D eigenvalue weighted by atomic mass is 32.1. The molecule has 0 saturated carbocycles. The van der Waals surface area contributed by atoms with Gasteiger partial charge in [0.2, 0.25) is 0 Å². The summed E-state index contributed by atoms with van der Waals surface area (Å²) in [5, 5.41) is 0.240. The lowest BCUT2D eigenvalue weighted by molar-refractivity contribution is -0.337. The standard InChI is InChI=1S/C60H63NO14S/c1-4-61(5-2)60(76)75-49-47(39-66-36-41-24-12-6-13-25-41)71-59(53(68-38-43-28-16-8-17-29-43)51(49)67-37-42-26-14-7-15-27-42)69-40-48-50(72-55(62)44-30-18-9-19-31-44)52(73-56(63)45-32-20-10-21-33-45)54(58(65-3)70-48)74-57(64)46-34-22-11-23-35-46/h6-35,47-54,58-59H,4-5,36-40H2,1-3H3/t47-,48-,49-,50+,51+,52+,53+,54-,58-,59-/m1/s1. The van der Waals surface area contributed by atoms with Gasteiger partial charge in [-0.05, 0) is 79.2 Å². The number of carbonyl (C=O) groups is 3. The Hall–Kier alpha value is -6.86. The van der Waals surface area contributed by atoms with Gasteiger partial charge in [0, 0.05) is 20.2 Å². The van der Waals surface area contributed by atoms with Gasteiger partial charge in [-0.2, -0.15) is 0 Å². The average Bonchev–Trinajstić information content (AvgIpc) is 3.47. The van der Waals surface area contributed by atoms with E-state index in [-0.39, 0.29) is 48.3 Å². The molecule has 398 valence electrons. The number of benzene rings is 6. The van der Waals surface area contributed by atoms with Crippen molar-refractivity contribution in [2.24, 2.45) is 0 Å². The number of nitrogens with zero attached hydrogens (tertiary/aromatic N) is 1. The maximum atomic E-state index is 14.2. The van der Waals surface area contributed by atoms with Gasteiger partial charge in [-0.15, -0.1) is 0 Å². The first kappa shape index (κ1) is 55.4. The molecule has 2 fully saturated rings. The van der Waals surface area contributed by atoms with Gasteiger partial charge in [-0.1, -0.05) is 146 Å². The predicted molar refractivity (Wildman–Crippen MR) is 284 cm³/mol. The molecular weight excluding hydrogens is 991 g/mol. The first-order chi connectivity index (χ1) is 37.2. The largest absolute Gasteiger partial charge is 0.462 e. The van der Waals surface area contributed by atoms with Crippen molar-refractivity contribution in [3.8, 4) is 0 Å². The fourth-order valence-electron chi connectivity index (χ4n) is 8.82. The minimum Gasteiger partial charge on any atom is -0.462 e. The minimum atomic E-state index is -1.53. The lowest BCUT2D eigenvalue weighted by Gasteiger charge is -2.47. The van der Waals surface area contributed by atoms with E-state index in [1.807, 2.05) is 110 Å². The first-order valence-electron chi connectivity index (χ1n) is 25.3. The minimum absolute atomic E-state index is 0.00580. The summed E-state index contributed by atoms with van der Waals surface area (Å²) in [6, 6.07) is 53.9. The van der Waals surface area contributed by atoms with Crippen LogP contribution >= 0.6 is 12.2 Å². The number of rotatable bonds is 23. The number of hydrogen-bond donors (Lipinski definition) is 0. The summed E-state index contributed by atoms with van der Waals surface area (Å²) in [5.41, 5.74) is 3.27. The Morgan fingerprint density at radius 1 is 0.434 bits per heavy atom. The van der Waals surface area contributed by atoms with Gasteiger partial charge in [0.05, 0.1) is 49.7 Å². The molecule has 15 nitrogen and oxygen atoms in total. The molecule has 2 aliphatic rings. The number of carbonyl (C=O) groups excluding carboxylic acids is 3. The van der Waals surface area contributed by atoms with Crippen LogP contribution in [0.5, 0.6) is 0 Å². The van der Waals surface area contributed by atoms with Gasteiger partial charge in [0.25, 0.3) is 5.17 Å². The van der Waals surface area contributed by atoms with Gasteiger partial charge < -0.3 is 57.0 Å². The van der Waals surface area contributed by atoms with E-state index in [9.17, 15) is 14.4 Å². The summed E-state index contributed by atoms with van der Waals surface area (Å²) in [4.78, 5) is 44.2. The first-order valence-corrected chi connectivity index (χ1v) is 25.7. The van der Waals surface area contributed by atoms with E-state index in [1.54, 1.807) is 91.0 Å². The van der Waals surface area contributed by atoms with E-state index in [0.29, 0.717) is 13.1 Å². The molecule has 2 aliphatic heterocycles. The predicted octanol–water partition coefficient (Wildman–Crippen LogP) is 9.18. The summed E-state index contributed by atoms with van der Waals surface area (Å²) in [5.74, 6) is -2.34. The lowest BCUT2D eigenvalue weighted by atomic mass is 9.96. The van der Waals surface area contributed by atoms with E-state index < -0.39 is 85.9 Å². The molecule has 0 N–H and O–H groups in total. The summed E-state index contributed by atoms with van der Waals surface area (Å²) in [6.07, 6.45) is -12.2. The average molecular weight is 1050 g/mol. The van der Waals surface area contributed by atoms with Crippen LogP contribution in [0.25, 0.3) is 0 Å². The van der Waals surface area contributed by atoms with E-state index >= 15 is 0 Å². The van der Waals surface area contributed by atoms with Crippen LogP contribution in [0.2, 0.25) is 0 Å². The molecule has 10 atom stereocenters. The second-order valence-corrected chi connectivity index (χ2v) is 18.3. The van der Waals surface area contributed by atoms with E-state index in [0.717, 1.165) is 16.7 Å². The van der Waals surface area contributed by atoms with Crippen LogP contribution in [0.15, 0.2) is 182 Å². The van der Waals surface area contributed by atoms with Gasteiger partial charge in [-0.3, -0.25) is 0 Å². The van der Waals surface area contributed by atoms with Crippen molar-refractivity contribution >= 4 is 35.3 Å². The smallest absolute Gasteiger partial charge is 0.338 e. The fraction of sp³-hybridized carbons (Fsp3) is 0.333. The van der Waals surface area contributed by atoms with E-state index in [2.05, 4.69) is 0 Å². The maximum Gasteiger partial charge on any atom is 0.338 e. The Balaban J connectivity index is 1.18. The number of thiocarbonyl (C=S) groups is 1. The number of esters is 3. The highest BCUT2D eigenvalue weighted by Crippen LogP contribution is 2.35. The molecule has 0 unspecified atom stereocenters. The van der Waals surface area contributed by atoms with Crippen LogP contribution < -0.4 is 0 Å². The van der Waals surface area contributed by atoms with Crippen molar-refractivity contribution in [2.75, 3.05) is 33.4 Å². The van der Waals surface area contributed by atoms with Crippen LogP contribution in [0.1, 0.15) is 61.6 Å². The molecule has 0 spiro atoms. The second-order valence-electron chi connectivity index (χ2n) is 17.9. The highest BCUT2D eigenvalue weighted by molar-refractivity contribution is 7.80. The Morgan fingerprint density at radius 3 is 1.28 bits per heavy atom. The quantitative estimate of drug-likeness (QED) is 0.0340. The second kappa shape index (κ2) is 28.3. The molecule has 76 heavy (non-hydrogen) atoms.